The lowest BCUT2D eigenvalue weighted by Crippen LogP contribution is -2.35. The third-order valence-electron chi connectivity index (χ3n) is 3.29. The highest BCUT2D eigenvalue weighted by atomic mass is 19.1. The third kappa shape index (κ3) is 3.08. The van der Waals surface area contributed by atoms with Crippen LogP contribution in [0.3, 0.4) is 0 Å². The zero-order chi connectivity index (χ0) is 14.6. The smallest absolute Gasteiger partial charge is 0.125 e. The highest BCUT2D eigenvalue weighted by molar-refractivity contribution is 5.48. The van der Waals surface area contributed by atoms with E-state index in [1.54, 1.807) is 19.2 Å². The number of ether oxygens (including phenoxy) is 1. The molecule has 3 nitrogen and oxygen atoms in total. The largest absolute Gasteiger partial charge is 0.497 e. The maximum Gasteiger partial charge on any atom is 0.125 e. The number of benzene rings is 2. The van der Waals surface area contributed by atoms with E-state index in [0.29, 0.717) is 5.69 Å². The molecule has 1 unspecified atom stereocenters. The number of aliphatic hydroxyl groups is 1. The Kier molecular flexibility index (Phi) is 4.25. The first kappa shape index (κ1) is 14.3. The van der Waals surface area contributed by atoms with Crippen LogP contribution in [0.2, 0.25) is 0 Å². The average Bonchev–Trinajstić information content (AvgIpc) is 2.47. The molecule has 2 rings (SSSR count). The summed E-state index contributed by atoms with van der Waals surface area (Å²) in [6, 6.07) is 13.6. The van der Waals surface area contributed by atoms with Crippen molar-refractivity contribution in [2.75, 3.05) is 19.0 Å². The molecule has 0 spiro atoms. The van der Waals surface area contributed by atoms with Gasteiger partial charge in [0.05, 0.1) is 19.3 Å². The van der Waals surface area contributed by atoms with E-state index in [1.807, 2.05) is 31.2 Å². The summed E-state index contributed by atoms with van der Waals surface area (Å²) in [5.74, 6) is 0.435. The van der Waals surface area contributed by atoms with Crippen LogP contribution in [-0.4, -0.2) is 18.8 Å². The van der Waals surface area contributed by atoms with Gasteiger partial charge in [0, 0.05) is 5.69 Å². The second-order valence-electron chi connectivity index (χ2n) is 4.85. The second-order valence-corrected chi connectivity index (χ2v) is 4.85. The summed E-state index contributed by atoms with van der Waals surface area (Å²) in [5, 5.41) is 12.9. The Hall–Kier alpha value is -2.07. The second kappa shape index (κ2) is 5.92. The predicted molar refractivity (Wildman–Crippen MR) is 77.5 cm³/mol. The van der Waals surface area contributed by atoms with Crippen LogP contribution in [0.4, 0.5) is 10.1 Å². The molecule has 2 aromatic carbocycles. The Morgan fingerprint density at radius 2 is 1.90 bits per heavy atom. The van der Waals surface area contributed by atoms with Gasteiger partial charge in [0.2, 0.25) is 0 Å². The van der Waals surface area contributed by atoms with Gasteiger partial charge in [0.15, 0.2) is 0 Å². The molecule has 0 aliphatic heterocycles. The number of hydrogen-bond donors (Lipinski definition) is 2. The zero-order valence-corrected chi connectivity index (χ0v) is 11.6. The maximum atomic E-state index is 13.2. The Labute approximate surface area is 118 Å². The van der Waals surface area contributed by atoms with Gasteiger partial charge in [-0.2, -0.15) is 0 Å². The molecule has 0 saturated heterocycles. The van der Waals surface area contributed by atoms with E-state index in [-0.39, 0.29) is 12.4 Å². The number of aliphatic hydroxyl groups excluding tert-OH is 1. The van der Waals surface area contributed by atoms with Crippen LogP contribution in [-0.2, 0) is 5.54 Å². The fourth-order valence-electron chi connectivity index (χ4n) is 2.05. The van der Waals surface area contributed by atoms with Crippen molar-refractivity contribution in [3.8, 4) is 5.75 Å². The molecule has 0 aromatic heterocycles. The van der Waals surface area contributed by atoms with Crippen LogP contribution in [0.25, 0.3) is 0 Å². The molecule has 2 N–H and O–H groups in total. The van der Waals surface area contributed by atoms with Gasteiger partial charge in [0.1, 0.15) is 11.6 Å². The first-order valence-electron chi connectivity index (χ1n) is 6.36. The van der Waals surface area contributed by atoms with Gasteiger partial charge in [-0.3, -0.25) is 0 Å². The standard InChI is InChI=1S/C16H18FNO2/c1-16(11-19,12-6-8-15(20-2)9-7-12)18-14-5-3-4-13(17)10-14/h3-10,18-19H,11H2,1-2H3. The van der Waals surface area contributed by atoms with Gasteiger partial charge in [0.25, 0.3) is 0 Å². The van der Waals surface area contributed by atoms with Crippen molar-refractivity contribution < 1.29 is 14.2 Å². The summed E-state index contributed by atoms with van der Waals surface area (Å²) >= 11 is 0. The molecule has 0 radical (unpaired) electrons. The summed E-state index contributed by atoms with van der Waals surface area (Å²) in [4.78, 5) is 0. The van der Waals surface area contributed by atoms with Crippen molar-refractivity contribution in [2.24, 2.45) is 0 Å². The van der Waals surface area contributed by atoms with Crippen LogP contribution in [0.5, 0.6) is 5.75 Å². The van der Waals surface area contributed by atoms with Gasteiger partial charge >= 0.3 is 0 Å². The SMILES string of the molecule is COc1ccc(C(C)(CO)Nc2cccc(F)c2)cc1. The Bertz CT molecular complexity index is 571. The topological polar surface area (TPSA) is 41.5 Å². The quantitative estimate of drug-likeness (QED) is 0.880. The minimum absolute atomic E-state index is 0.115. The van der Waals surface area contributed by atoms with E-state index >= 15 is 0 Å². The molecule has 0 saturated carbocycles. The molecule has 0 fully saturated rings. The van der Waals surface area contributed by atoms with Crippen molar-refractivity contribution in [1.82, 2.24) is 0 Å². The molecule has 0 aliphatic rings. The average molecular weight is 275 g/mol. The fraction of sp³-hybridized carbons (Fsp3) is 0.250. The zero-order valence-electron chi connectivity index (χ0n) is 11.6. The first-order chi connectivity index (χ1) is 9.57. The van der Waals surface area contributed by atoms with Crippen LogP contribution in [0, 0.1) is 5.82 Å². The lowest BCUT2D eigenvalue weighted by Gasteiger charge is -2.30. The molecule has 0 amide bonds. The van der Waals surface area contributed by atoms with Crippen LogP contribution in [0.15, 0.2) is 48.5 Å². The first-order valence-corrected chi connectivity index (χ1v) is 6.36. The van der Waals surface area contributed by atoms with E-state index in [0.717, 1.165) is 11.3 Å². The van der Waals surface area contributed by atoms with E-state index < -0.39 is 5.54 Å². The van der Waals surface area contributed by atoms with Gasteiger partial charge < -0.3 is 15.2 Å². The van der Waals surface area contributed by atoms with Crippen molar-refractivity contribution in [2.45, 2.75) is 12.5 Å². The van der Waals surface area contributed by atoms with E-state index in [1.165, 1.54) is 12.1 Å². The fourth-order valence-corrected chi connectivity index (χ4v) is 2.05. The highest BCUT2D eigenvalue weighted by Crippen LogP contribution is 2.27. The lowest BCUT2D eigenvalue weighted by atomic mass is 9.92. The lowest BCUT2D eigenvalue weighted by molar-refractivity contribution is 0.224. The Morgan fingerprint density at radius 1 is 1.20 bits per heavy atom. The monoisotopic (exact) mass is 275 g/mol. The van der Waals surface area contributed by atoms with E-state index in [9.17, 15) is 9.50 Å². The maximum absolute atomic E-state index is 13.2. The molecule has 20 heavy (non-hydrogen) atoms. The van der Waals surface area contributed by atoms with Crippen molar-refractivity contribution in [3.05, 3.63) is 59.9 Å². The van der Waals surface area contributed by atoms with Crippen molar-refractivity contribution in [1.29, 1.82) is 0 Å². The molecular weight excluding hydrogens is 257 g/mol. The highest BCUT2D eigenvalue weighted by Gasteiger charge is 2.25. The number of nitrogens with one attached hydrogen (secondary N) is 1. The number of halogens is 1. The van der Waals surface area contributed by atoms with Gasteiger partial charge in [-0.15, -0.1) is 0 Å². The van der Waals surface area contributed by atoms with Crippen LogP contribution < -0.4 is 10.1 Å². The molecular formula is C16H18FNO2. The van der Waals surface area contributed by atoms with Crippen molar-refractivity contribution in [3.63, 3.8) is 0 Å². The van der Waals surface area contributed by atoms with Gasteiger partial charge in [-0.25, -0.2) is 4.39 Å². The summed E-state index contributed by atoms with van der Waals surface area (Å²) in [6.45, 7) is 1.75. The van der Waals surface area contributed by atoms with Crippen LogP contribution in [0.1, 0.15) is 12.5 Å². The molecule has 0 aliphatic carbocycles. The summed E-state index contributed by atoms with van der Waals surface area (Å²) in [7, 11) is 1.60. The number of anilines is 1. The minimum atomic E-state index is -0.694. The van der Waals surface area contributed by atoms with Crippen molar-refractivity contribution >= 4 is 5.69 Å². The van der Waals surface area contributed by atoms with E-state index in [2.05, 4.69) is 5.32 Å². The normalized spacial score (nSPS) is 13.6. The van der Waals surface area contributed by atoms with Gasteiger partial charge in [-0.1, -0.05) is 18.2 Å². The van der Waals surface area contributed by atoms with Gasteiger partial charge in [-0.05, 0) is 42.8 Å². The summed E-state index contributed by atoms with van der Waals surface area (Å²) in [5.41, 5.74) is 0.822. The molecule has 2 aromatic rings. The molecule has 4 heteroatoms. The minimum Gasteiger partial charge on any atom is -0.497 e. The number of hydrogen-bond acceptors (Lipinski definition) is 3. The molecule has 106 valence electrons. The Balaban J connectivity index is 2.27. The predicted octanol–water partition coefficient (Wildman–Crippen LogP) is 3.15. The summed E-state index contributed by atoms with van der Waals surface area (Å²) < 4.78 is 18.3. The molecule has 1 atom stereocenters. The number of rotatable bonds is 5. The summed E-state index contributed by atoms with van der Waals surface area (Å²) in [6.07, 6.45) is 0. The van der Waals surface area contributed by atoms with E-state index in [4.69, 9.17) is 4.74 Å². The van der Waals surface area contributed by atoms with Crippen LogP contribution >= 0.6 is 0 Å². The molecule has 0 heterocycles. The third-order valence-corrected chi connectivity index (χ3v) is 3.29. The number of methoxy groups -OCH3 is 1. The molecule has 0 bridgehead atoms. The Morgan fingerprint density at radius 3 is 2.45 bits per heavy atom.